The van der Waals surface area contributed by atoms with Crippen LogP contribution in [-0.4, -0.2) is 33.8 Å². The normalized spacial score (nSPS) is 16.4. The van der Waals surface area contributed by atoms with E-state index >= 15 is 0 Å². The predicted molar refractivity (Wildman–Crippen MR) is 99.5 cm³/mol. The lowest BCUT2D eigenvalue weighted by molar-refractivity contribution is -0.206. The average Bonchev–Trinajstić information content (AvgIpc) is 2.58. The molecular formula is C20H28F3NO4. The van der Waals surface area contributed by atoms with Crippen molar-refractivity contribution in [3.63, 3.8) is 0 Å². The van der Waals surface area contributed by atoms with Crippen molar-refractivity contribution in [2.45, 2.75) is 65.3 Å². The molecule has 1 aromatic rings. The lowest BCUT2D eigenvalue weighted by Crippen LogP contribution is -2.47. The Morgan fingerprint density at radius 2 is 1.61 bits per heavy atom. The number of anilines is 1. The second-order valence-corrected chi connectivity index (χ2v) is 7.74. The second-order valence-electron chi connectivity index (χ2n) is 7.74. The van der Waals surface area contributed by atoms with Gasteiger partial charge in [-0.15, -0.1) is 0 Å². The Bertz CT molecular complexity index is 684. The average molecular weight is 403 g/mol. The SMILES string of the molecule is CC(=O)N(C(=O)C(C)C(C)(O)CCC(C)C)c1ccc(C(O)C(F)(F)F)cc1. The van der Waals surface area contributed by atoms with Gasteiger partial charge in [0.1, 0.15) is 0 Å². The van der Waals surface area contributed by atoms with Gasteiger partial charge in [0.15, 0.2) is 6.10 Å². The van der Waals surface area contributed by atoms with Gasteiger partial charge in [-0.3, -0.25) is 14.5 Å². The van der Waals surface area contributed by atoms with E-state index in [9.17, 15) is 33.0 Å². The Hall–Kier alpha value is -1.93. The van der Waals surface area contributed by atoms with E-state index in [-0.39, 0.29) is 5.69 Å². The van der Waals surface area contributed by atoms with Crippen LogP contribution >= 0.6 is 0 Å². The van der Waals surface area contributed by atoms with Crippen LogP contribution in [0.15, 0.2) is 24.3 Å². The maximum atomic E-state index is 12.9. The topological polar surface area (TPSA) is 77.8 Å². The zero-order valence-corrected chi connectivity index (χ0v) is 16.7. The van der Waals surface area contributed by atoms with Gasteiger partial charge >= 0.3 is 6.18 Å². The number of benzene rings is 1. The first kappa shape index (κ1) is 24.1. The van der Waals surface area contributed by atoms with Crippen molar-refractivity contribution in [2.75, 3.05) is 4.90 Å². The van der Waals surface area contributed by atoms with Gasteiger partial charge < -0.3 is 10.2 Å². The Labute approximate surface area is 163 Å². The second kappa shape index (κ2) is 9.05. The molecule has 8 heteroatoms. The van der Waals surface area contributed by atoms with Gasteiger partial charge in [0, 0.05) is 6.92 Å². The van der Waals surface area contributed by atoms with Crippen molar-refractivity contribution in [1.29, 1.82) is 0 Å². The number of halogens is 3. The molecule has 0 fully saturated rings. The van der Waals surface area contributed by atoms with Crippen LogP contribution in [0.4, 0.5) is 18.9 Å². The van der Waals surface area contributed by atoms with Crippen LogP contribution in [0.1, 0.15) is 59.1 Å². The third kappa shape index (κ3) is 6.04. The van der Waals surface area contributed by atoms with Crippen molar-refractivity contribution >= 4 is 17.5 Å². The number of alkyl halides is 3. The smallest absolute Gasteiger partial charge is 0.389 e. The van der Waals surface area contributed by atoms with Crippen LogP contribution in [0.5, 0.6) is 0 Å². The lowest BCUT2D eigenvalue weighted by atomic mass is 9.83. The number of rotatable bonds is 7. The van der Waals surface area contributed by atoms with Gasteiger partial charge in [-0.2, -0.15) is 13.2 Å². The van der Waals surface area contributed by atoms with E-state index in [4.69, 9.17) is 0 Å². The molecule has 158 valence electrons. The Morgan fingerprint density at radius 1 is 1.11 bits per heavy atom. The Kier molecular flexibility index (Phi) is 7.79. The number of aliphatic hydroxyl groups is 2. The summed E-state index contributed by atoms with van der Waals surface area (Å²) in [5.74, 6) is -1.85. The molecule has 0 spiro atoms. The number of carbonyl (C=O) groups excluding carboxylic acids is 2. The summed E-state index contributed by atoms with van der Waals surface area (Å²) in [6.45, 7) is 8.17. The minimum absolute atomic E-state index is 0.0714. The molecule has 1 rings (SSSR count). The van der Waals surface area contributed by atoms with E-state index in [0.717, 1.165) is 24.0 Å². The standard InChI is InChI=1S/C20H28F3NO4/c1-12(2)10-11-19(5,28)13(3)18(27)24(14(4)25)16-8-6-15(7-9-16)17(26)20(21,22)23/h6-9,12-13,17,26,28H,10-11H2,1-5H3. The lowest BCUT2D eigenvalue weighted by Gasteiger charge is -2.33. The van der Waals surface area contributed by atoms with Crippen LogP contribution in [0.25, 0.3) is 0 Å². The first-order valence-electron chi connectivity index (χ1n) is 9.10. The summed E-state index contributed by atoms with van der Waals surface area (Å²) >= 11 is 0. The fourth-order valence-corrected chi connectivity index (χ4v) is 2.72. The fourth-order valence-electron chi connectivity index (χ4n) is 2.72. The molecule has 0 aliphatic rings. The number of amides is 2. The predicted octanol–water partition coefficient (Wildman–Crippen LogP) is 3.99. The van der Waals surface area contributed by atoms with Gasteiger partial charge in [-0.25, -0.2) is 0 Å². The third-order valence-electron chi connectivity index (χ3n) is 4.84. The molecule has 28 heavy (non-hydrogen) atoms. The van der Waals surface area contributed by atoms with Gasteiger partial charge in [-0.1, -0.05) is 32.9 Å². The van der Waals surface area contributed by atoms with Gasteiger partial charge in [0.2, 0.25) is 11.8 Å². The molecule has 0 bridgehead atoms. The summed E-state index contributed by atoms with van der Waals surface area (Å²) in [4.78, 5) is 25.8. The van der Waals surface area contributed by atoms with E-state index in [1.54, 1.807) is 0 Å². The van der Waals surface area contributed by atoms with E-state index < -0.39 is 41.2 Å². The first-order valence-corrected chi connectivity index (χ1v) is 9.10. The molecule has 0 aliphatic heterocycles. The summed E-state index contributed by atoms with van der Waals surface area (Å²) in [7, 11) is 0. The monoisotopic (exact) mass is 403 g/mol. The van der Waals surface area contributed by atoms with Crippen molar-refractivity contribution < 1.29 is 33.0 Å². The highest BCUT2D eigenvalue weighted by atomic mass is 19.4. The molecule has 0 aliphatic carbocycles. The number of imide groups is 1. The van der Waals surface area contributed by atoms with Crippen molar-refractivity contribution in [1.82, 2.24) is 0 Å². The van der Waals surface area contributed by atoms with Crippen molar-refractivity contribution in [3.8, 4) is 0 Å². The molecule has 0 radical (unpaired) electrons. The highest BCUT2D eigenvalue weighted by Gasteiger charge is 2.40. The molecule has 0 saturated heterocycles. The number of nitrogens with zero attached hydrogens (tertiary/aromatic N) is 1. The molecule has 2 amide bonds. The minimum Gasteiger partial charge on any atom is -0.389 e. The van der Waals surface area contributed by atoms with Crippen molar-refractivity contribution in [2.24, 2.45) is 11.8 Å². The largest absolute Gasteiger partial charge is 0.418 e. The molecular weight excluding hydrogens is 375 g/mol. The Balaban J connectivity index is 3.10. The quantitative estimate of drug-likeness (QED) is 0.722. The molecule has 0 heterocycles. The first-order chi connectivity index (χ1) is 12.7. The van der Waals surface area contributed by atoms with Crippen molar-refractivity contribution in [3.05, 3.63) is 29.8 Å². The van der Waals surface area contributed by atoms with Crippen LogP contribution in [-0.2, 0) is 9.59 Å². The number of hydrogen-bond donors (Lipinski definition) is 2. The highest BCUT2D eigenvalue weighted by Crippen LogP contribution is 2.34. The summed E-state index contributed by atoms with van der Waals surface area (Å²) in [5.41, 5.74) is -1.67. The Morgan fingerprint density at radius 3 is 2.00 bits per heavy atom. The fraction of sp³-hybridized carbons (Fsp3) is 0.600. The van der Waals surface area contributed by atoms with Crippen LogP contribution in [0, 0.1) is 11.8 Å². The summed E-state index contributed by atoms with van der Waals surface area (Å²) < 4.78 is 37.9. The molecule has 5 nitrogen and oxygen atoms in total. The third-order valence-corrected chi connectivity index (χ3v) is 4.84. The molecule has 2 N–H and O–H groups in total. The minimum atomic E-state index is -4.82. The number of hydrogen-bond acceptors (Lipinski definition) is 4. The van der Waals surface area contributed by atoms with Gasteiger partial charge in [0.05, 0.1) is 17.2 Å². The molecule has 3 atom stereocenters. The number of carbonyl (C=O) groups is 2. The zero-order valence-electron chi connectivity index (χ0n) is 16.7. The van der Waals surface area contributed by atoms with Gasteiger partial charge in [-0.05, 0) is 43.4 Å². The van der Waals surface area contributed by atoms with Gasteiger partial charge in [0.25, 0.3) is 0 Å². The summed E-state index contributed by atoms with van der Waals surface area (Å²) in [6, 6.07) is 4.36. The maximum absolute atomic E-state index is 12.9. The molecule has 1 aromatic carbocycles. The molecule has 3 unspecified atom stereocenters. The molecule has 0 saturated carbocycles. The van der Waals surface area contributed by atoms with E-state index in [1.165, 1.54) is 26.0 Å². The maximum Gasteiger partial charge on any atom is 0.418 e. The van der Waals surface area contributed by atoms with Crippen LogP contribution in [0.2, 0.25) is 0 Å². The number of aliphatic hydroxyl groups excluding tert-OH is 1. The molecule has 0 aromatic heterocycles. The van der Waals surface area contributed by atoms with E-state index in [2.05, 4.69) is 0 Å². The van der Waals surface area contributed by atoms with Crippen LogP contribution in [0.3, 0.4) is 0 Å². The highest BCUT2D eigenvalue weighted by molar-refractivity contribution is 6.14. The summed E-state index contributed by atoms with van der Waals surface area (Å²) in [6.07, 6.45) is -6.42. The zero-order chi connectivity index (χ0) is 21.9. The summed E-state index contributed by atoms with van der Waals surface area (Å²) in [5, 5.41) is 20.0. The van der Waals surface area contributed by atoms with E-state index in [1.807, 2.05) is 13.8 Å². The van der Waals surface area contributed by atoms with Crippen LogP contribution < -0.4 is 4.90 Å². The van der Waals surface area contributed by atoms with E-state index in [0.29, 0.717) is 18.8 Å².